The van der Waals surface area contributed by atoms with Crippen molar-refractivity contribution in [1.29, 1.82) is 0 Å². The van der Waals surface area contributed by atoms with Gasteiger partial charge in [0.2, 0.25) is 0 Å². The van der Waals surface area contributed by atoms with Crippen LogP contribution in [0.4, 0.5) is 0 Å². The zero-order valence-electron chi connectivity index (χ0n) is 10.9. The molecule has 1 heterocycles. The van der Waals surface area contributed by atoms with Crippen LogP contribution in [0.5, 0.6) is 5.75 Å². The quantitative estimate of drug-likeness (QED) is 0.895. The van der Waals surface area contributed by atoms with Crippen LogP contribution < -0.4 is 5.43 Å². The highest BCUT2D eigenvalue weighted by molar-refractivity contribution is 5.77. The molecule has 0 unspecified atom stereocenters. The predicted molar refractivity (Wildman–Crippen MR) is 74.4 cm³/mol. The summed E-state index contributed by atoms with van der Waals surface area (Å²) in [4.78, 5) is 12.0. The van der Waals surface area contributed by atoms with Crippen molar-refractivity contribution in [2.24, 2.45) is 5.92 Å². The van der Waals surface area contributed by atoms with Crippen LogP contribution in [0, 0.1) is 5.92 Å². The van der Waals surface area contributed by atoms with E-state index < -0.39 is 0 Å². The Labute approximate surface area is 111 Å². The van der Waals surface area contributed by atoms with E-state index in [-0.39, 0.29) is 11.2 Å². The molecule has 3 heteroatoms. The number of aromatic hydroxyl groups is 1. The summed E-state index contributed by atoms with van der Waals surface area (Å²) in [5.41, 5.74) is 0.499. The second kappa shape index (κ2) is 5.08. The molecule has 1 aliphatic carbocycles. The molecule has 1 aliphatic rings. The molecule has 0 spiro atoms. The molecule has 2 aromatic rings. The van der Waals surface area contributed by atoms with Gasteiger partial charge in [-0.2, -0.15) is 0 Å². The van der Waals surface area contributed by atoms with Gasteiger partial charge in [0, 0.05) is 12.5 Å². The topological polar surface area (TPSA) is 50.4 Å². The van der Waals surface area contributed by atoms with Crippen LogP contribution >= 0.6 is 0 Å². The van der Waals surface area contributed by atoms with Crippen molar-refractivity contribution in [2.45, 2.75) is 38.5 Å². The lowest BCUT2D eigenvalue weighted by Crippen LogP contribution is -2.11. The summed E-state index contributed by atoms with van der Waals surface area (Å²) in [7, 11) is 0. The molecule has 1 fully saturated rings. The molecule has 19 heavy (non-hydrogen) atoms. The minimum atomic E-state index is -0.0667. The Morgan fingerprint density at radius 3 is 2.74 bits per heavy atom. The fraction of sp³-hybridized carbons (Fsp3) is 0.438. The smallest absolute Gasteiger partial charge is 0.193 e. The molecule has 1 aromatic carbocycles. The van der Waals surface area contributed by atoms with Crippen molar-refractivity contribution in [3.05, 3.63) is 40.2 Å². The Morgan fingerprint density at radius 2 is 1.95 bits per heavy atom. The van der Waals surface area contributed by atoms with Crippen LogP contribution in [-0.4, -0.2) is 5.11 Å². The molecular weight excluding hydrogens is 240 g/mol. The summed E-state index contributed by atoms with van der Waals surface area (Å²) in [6.45, 7) is 0. The van der Waals surface area contributed by atoms with Gasteiger partial charge in [-0.1, -0.05) is 32.1 Å². The van der Waals surface area contributed by atoms with Crippen LogP contribution in [0.1, 0.15) is 37.9 Å². The minimum Gasteiger partial charge on any atom is -0.508 e. The van der Waals surface area contributed by atoms with Gasteiger partial charge in [-0.05, 0) is 24.1 Å². The van der Waals surface area contributed by atoms with Crippen molar-refractivity contribution in [3.63, 3.8) is 0 Å². The normalized spacial score (nSPS) is 16.8. The van der Waals surface area contributed by atoms with Crippen molar-refractivity contribution >= 4 is 11.0 Å². The average molecular weight is 258 g/mol. The third-order valence-corrected chi connectivity index (χ3v) is 3.98. The summed E-state index contributed by atoms with van der Waals surface area (Å²) in [6.07, 6.45) is 7.23. The molecule has 0 aliphatic heterocycles. The highest BCUT2D eigenvalue weighted by atomic mass is 16.3. The lowest BCUT2D eigenvalue weighted by Gasteiger charge is -2.20. The molecule has 0 atom stereocenters. The van der Waals surface area contributed by atoms with E-state index in [1.54, 1.807) is 18.2 Å². The summed E-state index contributed by atoms with van der Waals surface area (Å²) in [5, 5.41) is 9.86. The van der Waals surface area contributed by atoms with Crippen molar-refractivity contribution in [2.75, 3.05) is 0 Å². The molecule has 0 bridgehead atoms. The van der Waals surface area contributed by atoms with E-state index in [1.807, 2.05) is 0 Å². The van der Waals surface area contributed by atoms with Gasteiger partial charge in [-0.15, -0.1) is 0 Å². The highest BCUT2D eigenvalue weighted by Crippen LogP contribution is 2.27. The Hall–Kier alpha value is -1.77. The van der Waals surface area contributed by atoms with E-state index in [1.165, 1.54) is 38.2 Å². The third-order valence-electron chi connectivity index (χ3n) is 3.98. The van der Waals surface area contributed by atoms with Gasteiger partial charge in [-0.25, -0.2) is 0 Å². The van der Waals surface area contributed by atoms with Gasteiger partial charge < -0.3 is 9.52 Å². The first-order valence-electron chi connectivity index (χ1n) is 6.98. The molecule has 0 radical (unpaired) electrons. The fourth-order valence-electron chi connectivity index (χ4n) is 2.97. The molecular formula is C16H18O3. The lowest BCUT2D eigenvalue weighted by atomic mass is 9.86. The first-order chi connectivity index (χ1) is 9.22. The first-order valence-corrected chi connectivity index (χ1v) is 6.98. The number of phenols is 1. The maximum Gasteiger partial charge on any atom is 0.193 e. The monoisotopic (exact) mass is 258 g/mol. The molecule has 3 rings (SSSR count). The van der Waals surface area contributed by atoms with Crippen LogP contribution in [-0.2, 0) is 6.42 Å². The average Bonchev–Trinajstić information content (AvgIpc) is 2.41. The zero-order valence-corrected chi connectivity index (χ0v) is 10.9. The SMILES string of the molecule is O=c1cc(CC2CCCCC2)oc2ccc(O)cc12. The van der Waals surface area contributed by atoms with E-state index in [2.05, 4.69) is 0 Å². The van der Waals surface area contributed by atoms with E-state index >= 15 is 0 Å². The van der Waals surface area contributed by atoms with Crippen LogP contribution in [0.15, 0.2) is 33.5 Å². The van der Waals surface area contributed by atoms with E-state index in [0.29, 0.717) is 16.9 Å². The lowest BCUT2D eigenvalue weighted by molar-refractivity contribution is 0.336. The molecule has 0 amide bonds. The summed E-state index contributed by atoms with van der Waals surface area (Å²) < 4.78 is 5.79. The van der Waals surface area contributed by atoms with Crippen molar-refractivity contribution in [1.82, 2.24) is 0 Å². The molecule has 1 saturated carbocycles. The Bertz CT molecular complexity index is 636. The van der Waals surface area contributed by atoms with Crippen LogP contribution in [0.3, 0.4) is 0 Å². The molecule has 1 aromatic heterocycles. The number of rotatable bonds is 2. The standard InChI is InChI=1S/C16H18O3/c17-12-6-7-16-14(9-12)15(18)10-13(19-16)8-11-4-2-1-3-5-11/h6-7,9-11,17H,1-5,8H2. The number of fused-ring (bicyclic) bond motifs is 1. The molecule has 3 nitrogen and oxygen atoms in total. The summed E-state index contributed by atoms with van der Waals surface area (Å²) in [6, 6.07) is 6.26. The van der Waals surface area contributed by atoms with Crippen molar-refractivity contribution < 1.29 is 9.52 Å². The summed E-state index contributed by atoms with van der Waals surface area (Å²) in [5.74, 6) is 1.52. The molecule has 1 N–H and O–H groups in total. The van der Waals surface area contributed by atoms with Crippen LogP contribution in [0.2, 0.25) is 0 Å². The first kappa shape index (κ1) is 12.3. The van der Waals surface area contributed by atoms with Gasteiger partial charge in [0.05, 0.1) is 5.39 Å². The Kier molecular flexibility index (Phi) is 3.28. The zero-order chi connectivity index (χ0) is 13.2. The van der Waals surface area contributed by atoms with Gasteiger partial charge in [0.15, 0.2) is 5.43 Å². The molecule has 100 valence electrons. The van der Waals surface area contributed by atoms with E-state index in [0.717, 1.165) is 12.2 Å². The molecule has 0 saturated heterocycles. The maximum absolute atomic E-state index is 12.0. The number of phenolic OH excluding ortho intramolecular Hbond substituents is 1. The largest absolute Gasteiger partial charge is 0.508 e. The van der Waals surface area contributed by atoms with E-state index in [9.17, 15) is 9.90 Å². The predicted octanol–water partition coefficient (Wildman–Crippen LogP) is 3.62. The highest BCUT2D eigenvalue weighted by Gasteiger charge is 2.16. The number of hydrogen-bond acceptors (Lipinski definition) is 3. The van der Waals surface area contributed by atoms with Crippen molar-refractivity contribution in [3.8, 4) is 5.75 Å². The second-order valence-electron chi connectivity index (χ2n) is 5.47. The minimum absolute atomic E-state index is 0.0667. The number of benzene rings is 1. The van der Waals surface area contributed by atoms with Gasteiger partial charge in [-0.3, -0.25) is 4.79 Å². The van der Waals surface area contributed by atoms with Gasteiger partial charge in [0.25, 0.3) is 0 Å². The maximum atomic E-state index is 12.0. The number of hydrogen-bond donors (Lipinski definition) is 1. The Balaban J connectivity index is 1.92. The third kappa shape index (κ3) is 2.65. The second-order valence-corrected chi connectivity index (χ2v) is 5.47. The fourth-order valence-corrected chi connectivity index (χ4v) is 2.97. The van der Waals surface area contributed by atoms with E-state index in [4.69, 9.17) is 4.42 Å². The van der Waals surface area contributed by atoms with Crippen LogP contribution in [0.25, 0.3) is 11.0 Å². The van der Waals surface area contributed by atoms with Gasteiger partial charge in [0.1, 0.15) is 17.1 Å². The van der Waals surface area contributed by atoms with Gasteiger partial charge >= 0.3 is 0 Å². The Morgan fingerprint density at radius 1 is 1.16 bits per heavy atom. The summed E-state index contributed by atoms with van der Waals surface area (Å²) >= 11 is 0.